The second kappa shape index (κ2) is 11.1. The molecule has 0 spiro atoms. The highest BCUT2D eigenvalue weighted by Gasteiger charge is 2.39. The standard InChI is InChI=1S/C26H30N2O6/c1-16(2)10-22(26(32)33)28(25(31)21(27)12-17-6-4-3-5-7-17)24(30)13-19-15-34-23-9-8-18(14-29)11-20(19)23/h3-9,11,14,16,19,21-22H,10,12-13,15,27H2,1-2H3,(H,32,33). The van der Waals surface area contributed by atoms with Crippen molar-refractivity contribution in [1.82, 2.24) is 4.90 Å². The first-order valence-electron chi connectivity index (χ1n) is 11.3. The molecule has 8 heteroatoms. The number of carbonyl (C=O) groups excluding carboxylic acids is 3. The highest BCUT2D eigenvalue weighted by atomic mass is 16.5. The number of benzene rings is 2. The van der Waals surface area contributed by atoms with Gasteiger partial charge in [-0.25, -0.2) is 4.79 Å². The molecule has 3 unspecified atom stereocenters. The average molecular weight is 467 g/mol. The number of aldehydes is 1. The first kappa shape index (κ1) is 25.1. The fraction of sp³-hybridized carbons (Fsp3) is 0.385. The number of ether oxygens (including phenoxy) is 1. The minimum Gasteiger partial charge on any atom is -0.493 e. The lowest BCUT2D eigenvalue weighted by Crippen LogP contribution is -2.55. The van der Waals surface area contributed by atoms with Crippen LogP contribution in [0.3, 0.4) is 0 Å². The molecular formula is C26H30N2O6. The smallest absolute Gasteiger partial charge is 0.326 e. The Morgan fingerprint density at radius 2 is 1.88 bits per heavy atom. The molecule has 0 saturated carbocycles. The van der Waals surface area contributed by atoms with E-state index < -0.39 is 35.8 Å². The van der Waals surface area contributed by atoms with Crippen molar-refractivity contribution in [3.63, 3.8) is 0 Å². The summed E-state index contributed by atoms with van der Waals surface area (Å²) in [6.45, 7) is 3.85. The first-order valence-corrected chi connectivity index (χ1v) is 11.3. The molecule has 0 bridgehead atoms. The van der Waals surface area contributed by atoms with Gasteiger partial charge in [-0.1, -0.05) is 44.2 Å². The molecule has 1 heterocycles. The van der Waals surface area contributed by atoms with Gasteiger partial charge in [0.1, 0.15) is 18.1 Å². The molecule has 2 aromatic carbocycles. The minimum atomic E-state index is -1.33. The summed E-state index contributed by atoms with van der Waals surface area (Å²) in [7, 11) is 0. The summed E-state index contributed by atoms with van der Waals surface area (Å²) in [5.41, 5.74) is 8.13. The normalized spacial score (nSPS) is 16.3. The van der Waals surface area contributed by atoms with Crippen LogP contribution in [0, 0.1) is 5.92 Å². The third-order valence-electron chi connectivity index (χ3n) is 5.88. The lowest BCUT2D eigenvalue weighted by Gasteiger charge is -2.31. The number of hydrogen-bond donors (Lipinski definition) is 2. The van der Waals surface area contributed by atoms with E-state index in [1.54, 1.807) is 18.2 Å². The van der Waals surface area contributed by atoms with E-state index in [0.29, 0.717) is 23.2 Å². The molecule has 180 valence electrons. The van der Waals surface area contributed by atoms with Crippen LogP contribution >= 0.6 is 0 Å². The molecule has 3 rings (SSSR count). The number of imide groups is 1. The summed E-state index contributed by atoms with van der Waals surface area (Å²) in [4.78, 5) is 51.0. The van der Waals surface area contributed by atoms with Crippen molar-refractivity contribution in [2.24, 2.45) is 11.7 Å². The van der Waals surface area contributed by atoms with E-state index in [2.05, 4.69) is 0 Å². The number of carboxylic acid groups (broad SMARTS) is 1. The summed E-state index contributed by atoms with van der Waals surface area (Å²) >= 11 is 0. The molecule has 34 heavy (non-hydrogen) atoms. The Bertz CT molecular complexity index is 1050. The maximum absolute atomic E-state index is 13.5. The van der Waals surface area contributed by atoms with Gasteiger partial charge < -0.3 is 15.6 Å². The number of nitrogens with zero attached hydrogens (tertiary/aromatic N) is 1. The molecule has 2 aromatic rings. The summed E-state index contributed by atoms with van der Waals surface area (Å²) in [5.74, 6) is -2.51. The van der Waals surface area contributed by atoms with E-state index in [1.165, 1.54) is 0 Å². The highest BCUT2D eigenvalue weighted by Crippen LogP contribution is 2.37. The highest BCUT2D eigenvalue weighted by molar-refractivity contribution is 6.01. The van der Waals surface area contributed by atoms with Crippen molar-refractivity contribution in [2.75, 3.05) is 6.61 Å². The third kappa shape index (κ3) is 5.88. The topological polar surface area (TPSA) is 127 Å². The minimum absolute atomic E-state index is 0.0692. The molecule has 0 saturated heterocycles. The monoisotopic (exact) mass is 466 g/mol. The summed E-state index contributed by atoms with van der Waals surface area (Å²) in [6, 6.07) is 11.7. The maximum atomic E-state index is 13.5. The van der Waals surface area contributed by atoms with Crippen LogP contribution in [0.1, 0.15) is 54.1 Å². The number of rotatable bonds is 10. The first-order chi connectivity index (χ1) is 16.2. The number of nitrogens with two attached hydrogens (primary N) is 1. The number of aliphatic carboxylic acids is 1. The molecule has 0 aromatic heterocycles. The van der Waals surface area contributed by atoms with Gasteiger partial charge in [0, 0.05) is 23.5 Å². The van der Waals surface area contributed by atoms with E-state index in [0.717, 1.165) is 10.5 Å². The third-order valence-corrected chi connectivity index (χ3v) is 5.88. The second-order valence-corrected chi connectivity index (χ2v) is 9.01. The molecule has 0 aliphatic carbocycles. The fourth-order valence-corrected chi connectivity index (χ4v) is 4.20. The number of carbonyl (C=O) groups is 4. The van der Waals surface area contributed by atoms with Crippen molar-refractivity contribution in [1.29, 1.82) is 0 Å². The van der Waals surface area contributed by atoms with Crippen molar-refractivity contribution in [2.45, 2.75) is 51.1 Å². The van der Waals surface area contributed by atoms with Crippen molar-refractivity contribution >= 4 is 24.1 Å². The van der Waals surface area contributed by atoms with Crippen LogP contribution in [0.4, 0.5) is 0 Å². The number of carboxylic acids is 1. The number of fused-ring (bicyclic) bond motifs is 1. The number of amides is 2. The predicted molar refractivity (Wildman–Crippen MR) is 126 cm³/mol. The van der Waals surface area contributed by atoms with Crippen LogP contribution in [0.15, 0.2) is 48.5 Å². The van der Waals surface area contributed by atoms with E-state index in [1.807, 2.05) is 44.2 Å². The Balaban J connectivity index is 1.87. The van der Waals surface area contributed by atoms with Crippen LogP contribution in [-0.4, -0.2) is 52.8 Å². The Morgan fingerprint density at radius 1 is 1.18 bits per heavy atom. The summed E-state index contributed by atoms with van der Waals surface area (Å²) in [6.07, 6.45) is 0.855. The van der Waals surface area contributed by atoms with Crippen LogP contribution in [0.2, 0.25) is 0 Å². The zero-order chi connectivity index (χ0) is 24.8. The van der Waals surface area contributed by atoms with E-state index in [-0.39, 0.29) is 31.8 Å². The Hall–Kier alpha value is -3.52. The Labute approximate surface area is 198 Å². The summed E-state index contributed by atoms with van der Waals surface area (Å²) in [5, 5.41) is 9.90. The molecule has 3 N–H and O–H groups in total. The SMILES string of the molecule is CC(C)CC(C(=O)O)N(C(=O)CC1COc2ccc(C=O)cc21)C(=O)C(N)Cc1ccccc1. The van der Waals surface area contributed by atoms with Gasteiger partial charge in [-0.15, -0.1) is 0 Å². The van der Waals surface area contributed by atoms with Gasteiger partial charge in [0.15, 0.2) is 0 Å². The van der Waals surface area contributed by atoms with Gasteiger partial charge in [-0.3, -0.25) is 19.3 Å². The predicted octanol–water partition coefficient (Wildman–Crippen LogP) is 2.79. The largest absolute Gasteiger partial charge is 0.493 e. The van der Waals surface area contributed by atoms with E-state index in [4.69, 9.17) is 10.5 Å². The molecule has 3 atom stereocenters. The zero-order valence-corrected chi connectivity index (χ0v) is 19.3. The van der Waals surface area contributed by atoms with Gasteiger partial charge in [0.2, 0.25) is 11.8 Å². The molecule has 1 aliphatic rings. The molecule has 1 aliphatic heterocycles. The molecular weight excluding hydrogens is 436 g/mol. The van der Waals surface area contributed by atoms with Crippen LogP contribution in [0.25, 0.3) is 0 Å². The Morgan fingerprint density at radius 3 is 2.50 bits per heavy atom. The van der Waals surface area contributed by atoms with E-state index in [9.17, 15) is 24.3 Å². The fourth-order valence-electron chi connectivity index (χ4n) is 4.20. The van der Waals surface area contributed by atoms with Gasteiger partial charge in [-0.05, 0) is 42.5 Å². The second-order valence-electron chi connectivity index (χ2n) is 9.01. The lowest BCUT2D eigenvalue weighted by atomic mass is 9.94. The van der Waals surface area contributed by atoms with Crippen LogP contribution in [0.5, 0.6) is 5.75 Å². The van der Waals surface area contributed by atoms with Crippen LogP contribution in [-0.2, 0) is 20.8 Å². The lowest BCUT2D eigenvalue weighted by molar-refractivity contribution is -0.159. The van der Waals surface area contributed by atoms with Gasteiger partial charge in [0.05, 0.1) is 12.6 Å². The molecule has 0 radical (unpaired) electrons. The van der Waals surface area contributed by atoms with E-state index >= 15 is 0 Å². The molecule has 8 nitrogen and oxygen atoms in total. The zero-order valence-electron chi connectivity index (χ0n) is 19.3. The average Bonchev–Trinajstić information content (AvgIpc) is 3.20. The maximum Gasteiger partial charge on any atom is 0.326 e. The van der Waals surface area contributed by atoms with Gasteiger partial charge >= 0.3 is 5.97 Å². The molecule has 2 amide bonds. The molecule has 0 fully saturated rings. The number of hydrogen-bond acceptors (Lipinski definition) is 6. The summed E-state index contributed by atoms with van der Waals surface area (Å²) < 4.78 is 5.64. The van der Waals surface area contributed by atoms with Crippen LogP contribution < -0.4 is 10.5 Å². The van der Waals surface area contributed by atoms with Crippen molar-refractivity contribution < 1.29 is 29.0 Å². The van der Waals surface area contributed by atoms with Crippen molar-refractivity contribution in [3.8, 4) is 5.75 Å². The van der Waals surface area contributed by atoms with Crippen molar-refractivity contribution in [3.05, 3.63) is 65.2 Å². The Kier molecular flexibility index (Phi) is 8.17. The van der Waals surface area contributed by atoms with Gasteiger partial charge in [0.25, 0.3) is 0 Å². The van der Waals surface area contributed by atoms with Gasteiger partial charge in [-0.2, -0.15) is 0 Å². The quantitative estimate of drug-likeness (QED) is 0.516.